The van der Waals surface area contributed by atoms with Gasteiger partial charge in [0.15, 0.2) is 0 Å². The number of hydrogen-bond acceptors (Lipinski definition) is 3. The van der Waals surface area contributed by atoms with E-state index in [1.807, 2.05) is 0 Å². The number of nitrogens with one attached hydrogen (secondary N) is 1. The Kier molecular flexibility index (Phi) is 7.59. The number of nitrogens with two attached hydrogens (primary N) is 2. The second-order valence-electron chi connectivity index (χ2n) is 5.91. The van der Waals surface area contributed by atoms with E-state index in [0.717, 1.165) is 44.9 Å². The summed E-state index contributed by atoms with van der Waals surface area (Å²) in [7, 11) is 0. The maximum atomic E-state index is 11.9. The van der Waals surface area contributed by atoms with Gasteiger partial charge in [-0.2, -0.15) is 0 Å². The molecular weight excluding hydrogens is 254 g/mol. The van der Waals surface area contributed by atoms with E-state index >= 15 is 0 Å². The summed E-state index contributed by atoms with van der Waals surface area (Å²) in [5.41, 5.74) is 10.9. The van der Waals surface area contributed by atoms with Gasteiger partial charge in [0.2, 0.25) is 11.8 Å². The average Bonchev–Trinajstić information content (AvgIpc) is 2.44. The van der Waals surface area contributed by atoms with E-state index in [4.69, 9.17) is 11.5 Å². The van der Waals surface area contributed by atoms with Crippen LogP contribution in [0.25, 0.3) is 0 Å². The van der Waals surface area contributed by atoms with E-state index in [0.29, 0.717) is 18.9 Å². The fourth-order valence-corrected chi connectivity index (χ4v) is 2.95. The van der Waals surface area contributed by atoms with Gasteiger partial charge >= 0.3 is 0 Å². The molecule has 0 heterocycles. The number of hydrogen-bond donors (Lipinski definition) is 3. The Hall–Kier alpha value is -1.10. The summed E-state index contributed by atoms with van der Waals surface area (Å²) < 4.78 is 0. The van der Waals surface area contributed by atoms with Gasteiger partial charge in [0.25, 0.3) is 0 Å². The van der Waals surface area contributed by atoms with E-state index in [9.17, 15) is 9.59 Å². The Bertz CT molecular complexity index is 312. The average molecular weight is 283 g/mol. The molecule has 0 aromatic heterocycles. The molecule has 1 rings (SSSR count). The van der Waals surface area contributed by atoms with Crippen LogP contribution in [0.2, 0.25) is 0 Å². The lowest BCUT2D eigenvalue weighted by Crippen LogP contribution is -2.39. The van der Waals surface area contributed by atoms with Crippen LogP contribution in [-0.4, -0.2) is 24.4 Å². The molecule has 116 valence electrons. The molecule has 0 aliphatic heterocycles. The molecule has 0 bridgehead atoms. The second kappa shape index (κ2) is 8.95. The van der Waals surface area contributed by atoms with Crippen LogP contribution in [0.1, 0.15) is 58.3 Å². The minimum Gasteiger partial charge on any atom is -0.369 e. The Morgan fingerprint density at radius 3 is 2.35 bits per heavy atom. The molecule has 1 unspecified atom stereocenters. The first kappa shape index (κ1) is 17.0. The Labute approximate surface area is 121 Å². The van der Waals surface area contributed by atoms with Crippen LogP contribution in [0.3, 0.4) is 0 Å². The van der Waals surface area contributed by atoms with Crippen LogP contribution in [0, 0.1) is 11.8 Å². The predicted octanol–water partition coefficient (Wildman–Crippen LogP) is 1.30. The molecule has 0 saturated heterocycles. The molecule has 0 aromatic carbocycles. The molecular formula is C15H29N3O2. The fourth-order valence-electron chi connectivity index (χ4n) is 2.95. The molecule has 2 amide bonds. The van der Waals surface area contributed by atoms with E-state index in [-0.39, 0.29) is 23.8 Å². The van der Waals surface area contributed by atoms with Crippen molar-refractivity contribution in [2.24, 2.45) is 23.3 Å². The maximum Gasteiger partial charge on any atom is 0.220 e. The number of primary amides is 1. The second-order valence-corrected chi connectivity index (χ2v) is 5.91. The van der Waals surface area contributed by atoms with Gasteiger partial charge in [-0.3, -0.25) is 9.59 Å². The minimum atomic E-state index is -0.206. The molecule has 1 atom stereocenters. The van der Waals surface area contributed by atoms with Gasteiger partial charge < -0.3 is 16.8 Å². The lowest BCUT2D eigenvalue weighted by Gasteiger charge is -2.27. The van der Waals surface area contributed by atoms with Crippen molar-refractivity contribution >= 4 is 11.8 Å². The van der Waals surface area contributed by atoms with Gasteiger partial charge in [0.05, 0.1) is 0 Å². The highest BCUT2D eigenvalue weighted by molar-refractivity contribution is 5.77. The molecule has 0 radical (unpaired) electrons. The maximum absolute atomic E-state index is 11.9. The Morgan fingerprint density at radius 2 is 1.85 bits per heavy atom. The lowest BCUT2D eigenvalue weighted by atomic mass is 9.85. The summed E-state index contributed by atoms with van der Waals surface area (Å²) in [5, 5.41) is 3.08. The molecule has 1 aliphatic rings. The van der Waals surface area contributed by atoms with Gasteiger partial charge in [-0.25, -0.2) is 0 Å². The molecule has 1 fully saturated rings. The van der Waals surface area contributed by atoms with Crippen LogP contribution in [0.15, 0.2) is 0 Å². The van der Waals surface area contributed by atoms with Crippen molar-refractivity contribution in [1.29, 1.82) is 0 Å². The van der Waals surface area contributed by atoms with Crippen LogP contribution in [-0.2, 0) is 9.59 Å². The molecule has 20 heavy (non-hydrogen) atoms. The molecule has 1 saturated carbocycles. The summed E-state index contributed by atoms with van der Waals surface area (Å²) in [5.74, 6) is 0.471. The monoisotopic (exact) mass is 283 g/mol. The van der Waals surface area contributed by atoms with Gasteiger partial charge in [0.1, 0.15) is 0 Å². The zero-order valence-electron chi connectivity index (χ0n) is 12.6. The Balaban J connectivity index is 2.21. The number of amides is 2. The largest absolute Gasteiger partial charge is 0.369 e. The molecule has 5 heteroatoms. The molecule has 5 N–H and O–H groups in total. The number of carbonyl (C=O) groups is 2. The van der Waals surface area contributed by atoms with Crippen molar-refractivity contribution in [2.45, 2.75) is 64.3 Å². The zero-order valence-corrected chi connectivity index (χ0v) is 12.6. The Morgan fingerprint density at radius 1 is 1.20 bits per heavy atom. The number of rotatable bonds is 8. The highest BCUT2D eigenvalue weighted by Gasteiger charge is 2.25. The van der Waals surface area contributed by atoms with Crippen LogP contribution < -0.4 is 16.8 Å². The smallest absolute Gasteiger partial charge is 0.220 e. The summed E-state index contributed by atoms with van der Waals surface area (Å²) >= 11 is 0. The van der Waals surface area contributed by atoms with Crippen molar-refractivity contribution in [2.75, 3.05) is 6.54 Å². The van der Waals surface area contributed by atoms with E-state index < -0.39 is 0 Å². The fraction of sp³-hybridized carbons (Fsp3) is 0.867. The first-order chi connectivity index (χ1) is 9.56. The first-order valence-electron chi connectivity index (χ1n) is 7.85. The van der Waals surface area contributed by atoms with Crippen molar-refractivity contribution < 1.29 is 9.59 Å². The quantitative estimate of drug-likeness (QED) is 0.626. The minimum absolute atomic E-state index is 0.00261. The summed E-state index contributed by atoms with van der Waals surface area (Å²) in [6, 6.07) is 0.215. The summed E-state index contributed by atoms with van der Waals surface area (Å²) in [6.07, 6.45) is 6.88. The molecule has 5 nitrogen and oxygen atoms in total. The third-order valence-electron chi connectivity index (χ3n) is 4.43. The first-order valence-corrected chi connectivity index (χ1v) is 7.85. The lowest BCUT2D eigenvalue weighted by molar-refractivity contribution is -0.123. The van der Waals surface area contributed by atoms with Gasteiger partial charge in [-0.1, -0.05) is 13.3 Å². The highest BCUT2D eigenvalue weighted by atomic mass is 16.2. The molecule has 0 aromatic rings. The highest BCUT2D eigenvalue weighted by Crippen LogP contribution is 2.24. The van der Waals surface area contributed by atoms with Crippen LogP contribution in [0.4, 0.5) is 0 Å². The van der Waals surface area contributed by atoms with E-state index in [2.05, 4.69) is 12.2 Å². The van der Waals surface area contributed by atoms with Crippen molar-refractivity contribution in [1.82, 2.24) is 5.32 Å². The van der Waals surface area contributed by atoms with Gasteiger partial charge in [0, 0.05) is 18.4 Å². The SMILES string of the molecule is CCC(CCN)CCC(=O)NC1CCC(C(N)=O)CC1. The van der Waals surface area contributed by atoms with Crippen LogP contribution in [0.5, 0.6) is 0 Å². The number of carbonyl (C=O) groups excluding carboxylic acids is 2. The zero-order chi connectivity index (χ0) is 15.0. The normalized spacial score (nSPS) is 24.1. The third kappa shape index (κ3) is 5.90. The topological polar surface area (TPSA) is 98.2 Å². The third-order valence-corrected chi connectivity index (χ3v) is 4.43. The standard InChI is InChI=1S/C15H29N3O2/c1-2-11(9-10-16)3-8-14(19)18-13-6-4-12(5-7-13)15(17)20/h11-13H,2-10,16H2,1H3,(H2,17,20)(H,18,19). The summed E-state index contributed by atoms with van der Waals surface area (Å²) in [6.45, 7) is 2.83. The van der Waals surface area contributed by atoms with E-state index in [1.165, 1.54) is 0 Å². The van der Waals surface area contributed by atoms with Crippen LogP contribution >= 0.6 is 0 Å². The van der Waals surface area contributed by atoms with Crippen molar-refractivity contribution in [3.8, 4) is 0 Å². The molecule has 1 aliphatic carbocycles. The van der Waals surface area contributed by atoms with Gasteiger partial charge in [-0.05, 0) is 51.0 Å². The van der Waals surface area contributed by atoms with Crippen molar-refractivity contribution in [3.05, 3.63) is 0 Å². The summed E-state index contributed by atoms with van der Waals surface area (Å²) in [4.78, 5) is 23.0. The van der Waals surface area contributed by atoms with Gasteiger partial charge in [-0.15, -0.1) is 0 Å². The van der Waals surface area contributed by atoms with Crippen molar-refractivity contribution in [3.63, 3.8) is 0 Å². The predicted molar refractivity (Wildman–Crippen MR) is 79.8 cm³/mol. The molecule has 0 spiro atoms. The van der Waals surface area contributed by atoms with E-state index in [1.54, 1.807) is 0 Å².